The fourth-order valence-corrected chi connectivity index (χ4v) is 5.88. The Kier molecular flexibility index (Phi) is 9.15. The van der Waals surface area contributed by atoms with E-state index in [1.807, 2.05) is 0 Å². The van der Waals surface area contributed by atoms with Gasteiger partial charge in [-0.25, -0.2) is 0 Å². The number of anilines is 1. The van der Waals surface area contributed by atoms with Crippen LogP contribution in [0.4, 0.5) is 5.69 Å². The van der Waals surface area contributed by atoms with Crippen LogP contribution >= 0.6 is 8.58 Å². The minimum absolute atomic E-state index is 0.690. The number of hydrogen-bond donors (Lipinski definition) is 0. The highest BCUT2D eigenvalue weighted by Gasteiger charge is 2.09. The van der Waals surface area contributed by atoms with Crippen molar-refractivity contribution in [3.63, 3.8) is 0 Å². The lowest BCUT2D eigenvalue weighted by Gasteiger charge is -2.24. The number of aryl methyl sites for hydroxylation is 4. The summed E-state index contributed by atoms with van der Waals surface area (Å²) in [7, 11) is 0.690. The highest BCUT2D eigenvalue weighted by Crippen LogP contribution is 2.22. The molecule has 0 heterocycles. The van der Waals surface area contributed by atoms with Crippen LogP contribution in [0, 0.1) is 6.92 Å². The summed E-state index contributed by atoms with van der Waals surface area (Å²) in [5.41, 5.74) is 8.55. The van der Waals surface area contributed by atoms with E-state index >= 15 is 0 Å². The number of nitrogens with zero attached hydrogens (tertiary/aromatic N) is 1. The lowest BCUT2D eigenvalue weighted by molar-refractivity contribution is 0.811. The predicted molar refractivity (Wildman–Crippen MR) is 156 cm³/mol. The van der Waals surface area contributed by atoms with Crippen molar-refractivity contribution in [1.82, 2.24) is 0 Å². The van der Waals surface area contributed by atoms with Gasteiger partial charge in [0, 0.05) is 18.8 Å². The third-order valence-corrected chi connectivity index (χ3v) is 8.04. The SMILES string of the molecule is CCc1cc(Pc2ccc(C)c(CN(CC)c3ccccc3)c2)ccc1CCCc1ccccc1. The summed E-state index contributed by atoms with van der Waals surface area (Å²) in [5.74, 6) is 0. The quantitative estimate of drug-likeness (QED) is 0.203. The maximum absolute atomic E-state index is 2.46. The van der Waals surface area contributed by atoms with Crippen LogP contribution in [0.25, 0.3) is 0 Å². The Hall–Kier alpha value is -2.89. The van der Waals surface area contributed by atoms with E-state index in [2.05, 4.69) is 123 Å². The van der Waals surface area contributed by atoms with Crippen LogP contribution in [0.5, 0.6) is 0 Å². The average molecular weight is 480 g/mol. The third-order valence-electron chi connectivity index (χ3n) is 6.84. The second kappa shape index (κ2) is 12.7. The molecular weight excluding hydrogens is 441 g/mol. The van der Waals surface area contributed by atoms with Gasteiger partial charge in [-0.05, 0) is 96.2 Å². The first-order valence-electron chi connectivity index (χ1n) is 13.0. The van der Waals surface area contributed by atoms with Crippen LogP contribution < -0.4 is 15.5 Å². The second-order valence-electron chi connectivity index (χ2n) is 9.29. The average Bonchev–Trinajstić information content (AvgIpc) is 2.90. The predicted octanol–water partition coefficient (Wildman–Crippen LogP) is 7.39. The Balaban J connectivity index is 1.43. The summed E-state index contributed by atoms with van der Waals surface area (Å²) in [6.07, 6.45) is 4.61. The normalized spacial score (nSPS) is 11.3. The summed E-state index contributed by atoms with van der Waals surface area (Å²) in [6.45, 7) is 8.71. The molecule has 0 aliphatic rings. The van der Waals surface area contributed by atoms with E-state index in [0.29, 0.717) is 8.58 Å². The Morgan fingerprint density at radius 2 is 1.31 bits per heavy atom. The fraction of sp³-hybridized carbons (Fsp3) is 0.273. The van der Waals surface area contributed by atoms with Gasteiger partial charge in [-0.1, -0.05) is 94.4 Å². The van der Waals surface area contributed by atoms with Crippen LogP contribution in [0.2, 0.25) is 0 Å². The number of para-hydroxylation sites is 1. The number of benzene rings is 4. The molecule has 2 heteroatoms. The van der Waals surface area contributed by atoms with Crippen LogP contribution in [0.3, 0.4) is 0 Å². The van der Waals surface area contributed by atoms with E-state index in [9.17, 15) is 0 Å². The lowest BCUT2D eigenvalue weighted by atomic mass is 9.98. The van der Waals surface area contributed by atoms with Gasteiger partial charge in [0.25, 0.3) is 0 Å². The minimum atomic E-state index is 0.690. The summed E-state index contributed by atoms with van der Waals surface area (Å²) in [6, 6.07) is 35.8. The molecule has 4 rings (SSSR count). The summed E-state index contributed by atoms with van der Waals surface area (Å²) >= 11 is 0. The van der Waals surface area contributed by atoms with E-state index in [0.717, 1.165) is 32.4 Å². The van der Waals surface area contributed by atoms with E-state index in [4.69, 9.17) is 0 Å². The zero-order valence-corrected chi connectivity index (χ0v) is 22.4. The van der Waals surface area contributed by atoms with Gasteiger partial charge in [0.2, 0.25) is 0 Å². The highest BCUT2D eigenvalue weighted by molar-refractivity contribution is 7.55. The molecule has 0 aliphatic heterocycles. The molecule has 1 atom stereocenters. The molecule has 180 valence electrons. The smallest absolute Gasteiger partial charge is 0.0432 e. The van der Waals surface area contributed by atoms with Gasteiger partial charge >= 0.3 is 0 Å². The standard InChI is InChI=1S/C33H38NP/c1-4-28-23-33(22-20-29(28)16-12-15-27-13-8-6-9-14-27)35-32-21-19-26(3)30(24-32)25-34(5-2)31-17-10-7-11-18-31/h6-11,13-14,17-24,35H,4-5,12,15-16,25H2,1-3H3. The van der Waals surface area contributed by atoms with Crippen LogP contribution in [0.15, 0.2) is 97.1 Å². The molecule has 0 spiro atoms. The molecule has 0 saturated heterocycles. The first-order chi connectivity index (χ1) is 17.2. The van der Waals surface area contributed by atoms with Gasteiger partial charge < -0.3 is 4.90 Å². The topological polar surface area (TPSA) is 3.24 Å². The third kappa shape index (κ3) is 7.06. The fourth-order valence-electron chi connectivity index (χ4n) is 4.72. The summed E-state index contributed by atoms with van der Waals surface area (Å²) in [5, 5.41) is 2.87. The van der Waals surface area contributed by atoms with E-state index < -0.39 is 0 Å². The van der Waals surface area contributed by atoms with Crippen molar-refractivity contribution < 1.29 is 0 Å². The molecule has 0 bridgehead atoms. The van der Waals surface area contributed by atoms with E-state index in [1.165, 1.54) is 50.5 Å². The van der Waals surface area contributed by atoms with E-state index in [-0.39, 0.29) is 0 Å². The zero-order chi connectivity index (χ0) is 24.5. The molecule has 0 amide bonds. The number of hydrogen-bond acceptors (Lipinski definition) is 1. The maximum atomic E-state index is 2.46. The van der Waals surface area contributed by atoms with Crippen molar-refractivity contribution in [2.75, 3.05) is 11.4 Å². The van der Waals surface area contributed by atoms with Crippen molar-refractivity contribution in [1.29, 1.82) is 0 Å². The molecule has 0 aliphatic carbocycles. The summed E-state index contributed by atoms with van der Waals surface area (Å²) in [4.78, 5) is 2.45. The Bertz CT molecular complexity index is 1200. The van der Waals surface area contributed by atoms with Crippen LogP contribution in [-0.4, -0.2) is 6.54 Å². The van der Waals surface area contributed by atoms with Crippen molar-refractivity contribution in [2.24, 2.45) is 0 Å². The van der Waals surface area contributed by atoms with Crippen molar-refractivity contribution in [2.45, 2.75) is 53.0 Å². The molecule has 4 aromatic carbocycles. The van der Waals surface area contributed by atoms with Crippen molar-refractivity contribution in [3.8, 4) is 0 Å². The van der Waals surface area contributed by atoms with Gasteiger partial charge in [0.05, 0.1) is 0 Å². The molecular formula is C33H38NP. The monoisotopic (exact) mass is 479 g/mol. The minimum Gasteiger partial charge on any atom is -0.367 e. The Labute approximate surface area is 214 Å². The van der Waals surface area contributed by atoms with Crippen LogP contribution in [-0.2, 0) is 25.8 Å². The van der Waals surface area contributed by atoms with Crippen molar-refractivity contribution in [3.05, 3.63) is 125 Å². The second-order valence-corrected chi connectivity index (χ2v) is 10.7. The van der Waals surface area contributed by atoms with Gasteiger partial charge in [-0.15, -0.1) is 0 Å². The zero-order valence-electron chi connectivity index (χ0n) is 21.4. The molecule has 0 fully saturated rings. The molecule has 0 N–H and O–H groups in total. The Morgan fingerprint density at radius 3 is 2.00 bits per heavy atom. The molecule has 1 unspecified atom stereocenters. The first kappa shape index (κ1) is 25.2. The molecule has 35 heavy (non-hydrogen) atoms. The Morgan fingerprint density at radius 1 is 0.657 bits per heavy atom. The largest absolute Gasteiger partial charge is 0.367 e. The number of rotatable bonds is 11. The summed E-state index contributed by atoms with van der Waals surface area (Å²) < 4.78 is 0. The lowest BCUT2D eigenvalue weighted by Crippen LogP contribution is -2.23. The van der Waals surface area contributed by atoms with Gasteiger partial charge in [0.1, 0.15) is 0 Å². The molecule has 4 aromatic rings. The van der Waals surface area contributed by atoms with Gasteiger partial charge in [0.15, 0.2) is 0 Å². The molecule has 0 radical (unpaired) electrons. The molecule has 0 saturated carbocycles. The van der Waals surface area contributed by atoms with Gasteiger partial charge in [-0.2, -0.15) is 0 Å². The molecule has 0 aromatic heterocycles. The molecule has 1 nitrogen and oxygen atoms in total. The van der Waals surface area contributed by atoms with Crippen molar-refractivity contribution >= 4 is 24.9 Å². The first-order valence-corrected chi connectivity index (χ1v) is 14.0. The highest BCUT2D eigenvalue weighted by atomic mass is 31.1. The van der Waals surface area contributed by atoms with Gasteiger partial charge in [-0.3, -0.25) is 0 Å². The van der Waals surface area contributed by atoms with Crippen LogP contribution in [0.1, 0.15) is 48.1 Å². The maximum Gasteiger partial charge on any atom is 0.0432 e. The van der Waals surface area contributed by atoms with E-state index in [1.54, 1.807) is 0 Å².